The molecule has 112 valence electrons. The van der Waals surface area contributed by atoms with Crippen molar-refractivity contribution in [1.82, 2.24) is 0 Å². The summed E-state index contributed by atoms with van der Waals surface area (Å²) in [6.45, 7) is 0. The largest absolute Gasteiger partial charge is 0.444 e. The third kappa shape index (κ3) is 3.49. The van der Waals surface area contributed by atoms with Crippen molar-refractivity contribution >= 4 is 17.8 Å². The molecule has 0 spiro atoms. The number of carbonyl (C=O) groups excluding carboxylic acids is 3. The quantitative estimate of drug-likeness (QED) is 0.806. The van der Waals surface area contributed by atoms with Crippen LogP contribution in [0.15, 0.2) is 54.6 Å². The fourth-order valence-electron chi connectivity index (χ4n) is 1.86. The molecule has 6 heteroatoms. The number of primary amides is 2. The number of nitrogens with two attached hydrogens (primary N) is 2. The van der Waals surface area contributed by atoms with Crippen LogP contribution >= 0.6 is 0 Å². The van der Waals surface area contributed by atoms with E-state index in [1.807, 2.05) is 0 Å². The van der Waals surface area contributed by atoms with Crippen LogP contribution in [0.5, 0.6) is 0 Å². The minimum Gasteiger partial charge on any atom is -0.444 e. The van der Waals surface area contributed by atoms with E-state index in [1.165, 1.54) is 24.3 Å². The second-order valence-corrected chi connectivity index (χ2v) is 4.54. The lowest BCUT2D eigenvalue weighted by Gasteiger charge is -2.15. The zero-order valence-electron chi connectivity index (χ0n) is 11.6. The first-order valence-corrected chi connectivity index (χ1v) is 6.44. The molecule has 0 radical (unpaired) electrons. The summed E-state index contributed by atoms with van der Waals surface area (Å²) in [4.78, 5) is 34.5. The van der Waals surface area contributed by atoms with Gasteiger partial charge in [0.15, 0.2) is 0 Å². The zero-order chi connectivity index (χ0) is 16.1. The van der Waals surface area contributed by atoms with Gasteiger partial charge in [0.2, 0.25) is 12.0 Å². The number of rotatable bonds is 5. The van der Waals surface area contributed by atoms with Crippen molar-refractivity contribution in [2.45, 2.75) is 6.10 Å². The molecule has 0 aliphatic heterocycles. The molecular weight excluding hydrogens is 284 g/mol. The lowest BCUT2D eigenvalue weighted by atomic mass is 10.1. The van der Waals surface area contributed by atoms with Crippen LogP contribution in [0.4, 0.5) is 0 Å². The Labute approximate surface area is 126 Å². The summed E-state index contributed by atoms with van der Waals surface area (Å²) < 4.78 is 5.15. The van der Waals surface area contributed by atoms with Crippen molar-refractivity contribution in [2.75, 3.05) is 0 Å². The van der Waals surface area contributed by atoms with Crippen LogP contribution in [0.1, 0.15) is 32.4 Å². The molecule has 22 heavy (non-hydrogen) atoms. The van der Waals surface area contributed by atoms with Crippen LogP contribution in [0.25, 0.3) is 0 Å². The van der Waals surface area contributed by atoms with E-state index >= 15 is 0 Å². The van der Waals surface area contributed by atoms with Gasteiger partial charge in [-0.3, -0.25) is 9.59 Å². The molecule has 0 bridgehead atoms. The third-order valence-corrected chi connectivity index (χ3v) is 2.99. The Balaban J connectivity index is 2.18. The van der Waals surface area contributed by atoms with E-state index < -0.39 is 23.9 Å². The Morgan fingerprint density at radius 3 is 1.86 bits per heavy atom. The molecule has 2 amide bonds. The molecule has 2 aromatic rings. The van der Waals surface area contributed by atoms with Crippen LogP contribution in [-0.2, 0) is 9.53 Å². The van der Waals surface area contributed by atoms with E-state index in [-0.39, 0.29) is 11.1 Å². The number of carbonyl (C=O) groups is 3. The number of ether oxygens (including phenoxy) is 1. The van der Waals surface area contributed by atoms with Gasteiger partial charge >= 0.3 is 5.97 Å². The van der Waals surface area contributed by atoms with Gasteiger partial charge in [-0.05, 0) is 24.3 Å². The first kappa shape index (κ1) is 15.2. The van der Waals surface area contributed by atoms with E-state index in [9.17, 15) is 14.4 Å². The molecule has 0 aliphatic carbocycles. The number of amides is 2. The first-order valence-electron chi connectivity index (χ1n) is 6.44. The predicted octanol–water partition coefficient (Wildman–Crippen LogP) is 1.17. The molecular formula is C16H14N2O4. The Bertz CT molecular complexity index is 696. The topological polar surface area (TPSA) is 112 Å². The van der Waals surface area contributed by atoms with E-state index in [0.717, 1.165) is 0 Å². The summed E-state index contributed by atoms with van der Waals surface area (Å²) in [6, 6.07) is 14.1. The fourth-order valence-corrected chi connectivity index (χ4v) is 1.86. The van der Waals surface area contributed by atoms with Gasteiger partial charge in [-0.15, -0.1) is 0 Å². The predicted molar refractivity (Wildman–Crippen MR) is 78.8 cm³/mol. The molecule has 0 heterocycles. The van der Waals surface area contributed by atoms with Crippen molar-refractivity contribution in [3.63, 3.8) is 0 Å². The van der Waals surface area contributed by atoms with Crippen LogP contribution in [0.3, 0.4) is 0 Å². The minimum absolute atomic E-state index is 0.187. The van der Waals surface area contributed by atoms with Gasteiger partial charge in [0.1, 0.15) is 0 Å². The highest BCUT2D eigenvalue weighted by molar-refractivity contribution is 5.96. The Kier molecular flexibility index (Phi) is 4.53. The lowest BCUT2D eigenvalue weighted by molar-refractivity contribution is -0.127. The lowest BCUT2D eigenvalue weighted by Crippen LogP contribution is -2.26. The van der Waals surface area contributed by atoms with Crippen LogP contribution in [0, 0.1) is 0 Å². The summed E-state index contributed by atoms with van der Waals surface area (Å²) in [7, 11) is 0. The van der Waals surface area contributed by atoms with E-state index in [1.54, 1.807) is 30.3 Å². The standard InChI is InChI=1S/C16H14N2O4/c17-14(19)11-6-8-12(9-7-11)16(21)22-13(15(18)20)10-4-2-1-3-5-10/h1-9,13H,(H2,17,19)(H2,18,20). The fraction of sp³-hybridized carbons (Fsp3) is 0.0625. The monoisotopic (exact) mass is 298 g/mol. The van der Waals surface area contributed by atoms with E-state index in [4.69, 9.17) is 16.2 Å². The number of hydrogen-bond donors (Lipinski definition) is 2. The molecule has 1 atom stereocenters. The summed E-state index contributed by atoms with van der Waals surface area (Å²) in [6.07, 6.45) is -1.18. The van der Waals surface area contributed by atoms with Crippen LogP contribution in [0.2, 0.25) is 0 Å². The molecule has 0 aromatic heterocycles. The van der Waals surface area contributed by atoms with E-state index in [0.29, 0.717) is 5.56 Å². The molecule has 4 N–H and O–H groups in total. The summed E-state index contributed by atoms with van der Waals surface area (Å²) >= 11 is 0. The second kappa shape index (κ2) is 6.53. The van der Waals surface area contributed by atoms with Crippen molar-refractivity contribution < 1.29 is 19.1 Å². The average Bonchev–Trinajstić information content (AvgIpc) is 2.53. The van der Waals surface area contributed by atoms with Crippen molar-refractivity contribution in [1.29, 1.82) is 0 Å². The highest BCUT2D eigenvalue weighted by Gasteiger charge is 2.23. The van der Waals surface area contributed by atoms with Gasteiger partial charge in [-0.2, -0.15) is 0 Å². The maximum Gasteiger partial charge on any atom is 0.339 e. The zero-order valence-corrected chi connectivity index (χ0v) is 11.6. The Morgan fingerprint density at radius 2 is 1.36 bits per heavy atom. The van der Waals surface area contributed by atoms with Crippen molar-refractivity contribution in [3.8, 4) is 0 Å². The Hall–Kier alpha value is -3.15. The van der Waals surface area contributed by atoms with Crippen molar-refractivity contribution in [2.24, 2.45) is 11.5 Å². The molecule has 0 fully saturated rings. The maximum absolute atomic E-state index is 12.1. The first-order chi connectivity index (χ1) is 10.5. The molecule has 2 rings (SSSR count). The molecule has 1 unspecified atom stereocenters. The minimum atomic E-state index is -1.18. The summed E-state index contributed by atoms with van der Waals surface area (Å²) in [5, 5.41) is 0. The highest BCUT2D eigenvalue weighted by Crippen LogP contribution is 2.19. The highest BCUT2D eigenvalue weighted by atomic mass is 16.5. The molecule has 0 aliphatic rings. The number of esters is 1. The van der Waals surface area contributed by atoms with Gasteiger partial charge in [0.25, 0.3) is 5.91 Å². The summed E-state index contributed by atoms with van der Waals surface area (Å²) in [5.41, 5.74) is 11.3. The Morgan fingerprint density at radius 1 is 0.818 bits per heavy atom. The second-order valence-electron chi connectivity index (χ2n) is 4.54. The van der Waals surface area contributed by atoms with E-state index in [2.05, 4.69) is 0 Å². The van der Waals surface area contributed by atoms with Gasteiger partial charge in [0, 0.05) is 11.1 Å². The average molecular weight is 298 g/mol. The smallest absolute Gasteiger partial charge is 0.339 e. The van der Waals surface area contributed by atoms with Gasteiger partial charge < -0.3 is 16.2 Å². The van der Waals surface area contributed by atoms with Crippen LogP contribution < -0.4 is 11.5 Å². The maximum atomic E-state index is 12.1. The molecule has 2 aromatic carbocycles. The van der Waals surface area contributed by atoms with Crippen molar-refractivity contribution in [3.05, 3.63) is 71.3 Å². The SMILES string of the molecule is NC(=O)c1ccc(C(=O)OC(C(N)=O)c2ccccc2)cc1. The van der Waals surface area contributed by atoms with Crippen LogP contribution in [-0.4, -0.2) is 17.8 Å². The van der Waals surface area contributed by atoms with Gasteiger partial charge in [-0.25, -0.2) is 4.79 Å². The molecule has 6 nitrogen and oxygen atoms in total. The molecule has 0 saturated heterocycles. The normalized spacial score (nSPS) is 11.5. The summed E-state index contributed by atoms with van der Waals surface area (Å²) in [5.74, 6) is -2.09. The van der Waals surface area contributed by atoms with Gasteiger partial charge in [0.05, 0.1) is 5.56 Å². The number of hydrogen-bond acceptors (Lipinski definition) is 4. The number of benzene rings is 2. The van der Waals surface area contributed by atoms with Gasteiger partial charge in [-0.1, -0.05) is 30.3 Å². The molecule has 0 saturated carbocycles. The third-order valence-electron chi connectivity index (χ3n) is 2.99.